The molecule has 1 N–H and O–H groups in total. The number of benzene rings is 2. The molecule has 0 radical (unpaired) electrons. The number of pyridine rings is 2. The standard InChI is InChI=1S/C27H25FN6/c1-33(2)12-13-34-18-21(17-31-34)19-6-7-24-25(9-11-30-27(24)15-19)32-23-8-10-29-26(16-23)20-4-3-5-22(28)14-20/h3-11,14-18H,12-13H2,1-2H3,(H,29,30,32). The molecule has 0 unspecified atom stereocenters. The first kappa shape index (κ1) is 21.7. The third-order valence-electron chi connectivity index (χ3n) is 5.64. The van der Waals surface area contributed by atoms with Crippen LogP contribution in [-0.2, 0) is 6.54 Å². The zero-order valence-electron chi connectivity index (χ0n) is 19.1. The predicted molar refractivity (Wildman–Crippen MR) is 134 cm³/mol. The number of rotatable bonds is 7. The Morgan fingerprint density at radius 3 is 2.65 bits per heavy atom. The first-order chi connectivity index (χ1) is 16.5. The number of hydrogen-bond acceptors (Lipinski definition) is 5. The second-order valence-electron chi connectivity index (χ2n) is 8.45. The number of nitrogens with one attached hydrogen (secondary N) is 1. The summed E-state index contributed by atoms with van der Waals surface area (Å²) in [7, 11) is 4.11. The van der Waals surface area contributed by atoms with Crippen LogP contribution in [0.3, 0.4) is 0 Å². The molecule has 0 bridgehead atoms. The molecule has 0 saturated carbocycles. The number of anilines is 2. The molecule has 0 amide bonds. The third-order valence-corrected chi connectivity index (χ3v) is 5.64. The molecule has 0 aliphatic heterocycles. The van der Waals surface area contributed by atoms with Gasteiger partial charge in [0.1, 0.15) is 5.82 Å². The molecule has 0 atom stereocenters. The molecule has 3 heterocycles. The molecule has 0 saturated heterocycles. The highest BCUT2D eigenvalue weighted by Crippen LogP contribution is 2.30. The smallest absolute Gasteiger partial charge is 0.123 e. The lowest BCUT2D eigenvalue weighted by molar-refractivity contribution is 0.373. The van der Waals surface area contributed by atoms with E-state index in [-0.39, 0.29) is 5.82 Å². The Hall–Kier alpha value is -4.10. The Kier molecular flexibility index (Phi) is 6.01. The average molecular weight is 453 g/mol. The van der Waals surface area contributed by atoms with Crippen LogP contribution in [0.5, 0.6) is 0 Å². The number of halogens is 1. The first-order valence-corrected chi connectivity index (χ1v) is 11.1. The minimum atomic E-state index is -0.281. The maximum atomic E-state index is 13.6. The van der Waals surface area contributed by atoms with Gasteiger partial charge in [-0.2, -0.15) is 5.10 Å². The fraction of sp³-hybridized carbons (Fsp3) is 0.148. The molecule has 0 fully saturated rings. The number of likely N-dealkylation sites (N-methyl/N-ethyl adjacent to an activating group) is 1. The van der Waals surface area contributed by atoms with Gasteiger partial charge in [0.15, 0.2) is 0 Å². The summed E-state index contributed by atoms with van der Waals surface area (Å²) in [4.78, 5) is 11.1. The molecule has 6 nitrogen and oxygen atoms in total. The van der Waals surface area contributed by atoms with Crippen molar-refractivity contribution in [2.24, 2.45) is 0 Å². The molecule has 34 heavy (non-hydrogen) atoms. The SMILES string of the molecule is CN(C)CCn1cc(-c2ccc3c(Nc4ccnc(-c5cccc(F)c5)c4)ccnc3c2)cn1. The summed E-state index contributed by atoms with van der Waals surface area (Å²) < 4.78 is 15.6. The van der Waals surface area contributed by atoms with Gasteiger partial charge in [0.2, 0.25) is 0 Å². The lowest BCUT2D eigenvalue weighted by Crippen LogP contribution is -2.18. The van der Waals surface area contributed by atoms with Crippen LogP contribution in [0.1, 0.15) is 0 Å². The van der Waals surface area contributed by atoms with E-state index in [2.05, 4.69) is 63.8 Å². The largest absolute Gasteiger partial charge is 0.355 e. The van der Waals surface area contributed by atoms with Crippen LogP contribution in [0.4, 0.5) is 15.8 Å². The van der Waals surface area contributed by atoms with E-state index in [1.165, 1.54) is 12.1 Å². The van der Waals surface area contributed by atoms with Gasteiger partial charge in [-0.15, -0.1) is 0 Å². The van der Waals surface area contributed by atoms with Gasteiger partial charge in [0.25, 0.3) is 0 Å². The van der Waals surface area contributed by atoms with Gasteiger partial charge in [-0.3, -0.25) is 14.6 Å². The zero-order valence-corrected chi connectivity index (χ0v) is 19.1. The molecular weight excluding hydrogens is 427 g/mol. The van der Waals surface area contributed by atoms with E-state index >= 15 is 0 Å². The Labute approximate surface area is 197 Å². The van der Waals surface area contributed by atoms with E-state index in [1.54, 1.807) is 18.5 Å². The molecule has 2 aromatic carbocycles. The zero-order chi connectivity index (χ0) is 23.5. The maximum Gasteiger partial charge on any atom is 0.123 e. The minimum Gasteiger partial charge on any atom is -0.355 e. The molecule has 0 spiro atoms. The Bertz CT molecular complexity index is 1440. The van der Waals surface area contributed by atoms with Gasteiger partial charge in [-0.1, -0.05) is 24.3 Å². The fourth-order valence-corrected chi connectivity index (χ4v) is 3.84. The average Bonchev–Trinajstić information content (AvgIpc) is 3.32. The van der Waals surface area contributed by atoms with Crippen LogP contribution in [0.25, 0.3) is 33.3 Å². The van der Waals surface area contributed by atoms with Gasteiger partial charge in [-0.25, -0.2) is 4.39 Å². The van der Waals surface area contributed by atoms with Crippen LogP contribution in [0, 0.1) is 5.82 Å². The van der Waals surface area contributed by atoms with E-state index < -0.39 is 0 Å². The van der Waals surface area contributed by atoms with Crippen LogP contribution in [-0.4, -0.2) is 45.3 Å². The third kappa shape index (κ3) is 4.79. The van der Waals surface area contributed by atoms with Gasteiger partial charge in [0.05, 0.1) is 24.0 Å². The summed E-state index contributed by atoms with van der Waals surface area (Å²) in [6.07, 6.45) is 7.48. The second kappa shape index (κ2) is 9.41. The number of fused-ring (bicyclic) bond motifs is 1. The van der Waals surface area contributed by atoms with Crippen molar-refractivity contribution in [3.63, 3.8) is 0 Å². The van der Waals surface area contributed by atoms with E-state index in [1.807, 2.05) is 35.1 Å². The summed E-state index contributed by atoms with van der Waals surface area (Å²) in [5.74, 6) is -0.281. The Balaban J connectivity index is 1.41. The molecule has 5 aromatic rings. The Morgan fingerprint density at radius 1 is 0.912 bits per heavy atom. The predicted octanol–water partition coefficient (Wildman–Crippen LogP) is 5.60. The van der Waals surface area contributed by atoms with Gasteiger partial charge in [0, 0.05) is 53.0 Å². The van der Waals surface area contributed by atoms with Crippen LogP contribution >= 0.6 is 0 Å². The first-order valence-electron chi connectivity index (χ1n) is 11.1. The number of hydrogen-bond donors (Lipinski definition) is 1. The summed E-state index contributed by atoms with van der Waals surface area (Å²) in [5, 5.41) is 8.96. The molecule has 170 valence electrons. The van der Waals surface area contributed by atoms with Crippen molar-refractivity contribution < 1.29 is 4.39 Å². The van der Waals surface area contributed by atoms with Crippen LogP contribution in [0.2, 0.25) is 0 Å². The fourth-order valence-electron chi connectivity index (χ4n) is 3.84. The second-order valence-corrected chi connectivity index (χ2v) is 8.45. The summed E-state index contributed by atoms with van der Waals surface area (Å²) >= 11 is 0. The molecule has 0 aliphatic carbocycles. The van der Waals surface area contributed by atoms with Crippen molar-refractivity contribution in [2.75, 3.05) is 26.0 Å². The quantitative estimate of drug-likeness (QED) is 0.348. The summed E-state index contributed by atoms with van der Waals surface area (Å²) in [6, 6.07) is 18.5. The lowest BCUT2D eigenvalue weighted by atomic mass is 10.1. The molecule has 0 aliphatic rings. The van der Waals surface area contributed by atoms with Crippen molar-refractivity contribution in [1.82, 2.24) is 24.6 Å². The Morgan fingerprint density at radius 2 is 1.79 bits per heavy atom. The highest BCUT2D eigenvalue weighted by atomic mass is 19.1. The van der Waals surface area contributed by atoms with Crippen molar-refractivity contribution in [3.05, 3.63) is 91.3 Å². The highest BCUT2D eigenvalue weighted by molar-refractivity contribution is 5.95. The molecule has 7 heteroatoms. The van der Waals surface area contributed by atoms with Crippen LogP contribution < -0.4 is 5.32 Å². The number of aromatic nitrogens is 4. The molecule has 5 rings (SSSR count). The lowest BCUT2D eigenvalue weighted by Gasteiger charge is -2.11. The minimum absolute atomic E-state index is 0.281. The van der Waals surface area contributed by atoms with Crippen LogP contribution in [0.15, 0.2) is 85.5 Å². The van der Waals surface area contributed by atoms with Gasteiger partial charge in [-0.05, 0) is 56.1 Å². The topological polar surface area (TPSA) is 58.9 Å². The van der Waals surface area contributed by atoms with Gasteiger partial charge >= 0.3 is 0 Å². The van der Waals surface area contributed by atoms with E-state index in [4.69, 9.17) is 0 Å². The van der Waals surface area contributed by atoms with E-state index in [9.17, 15) is 4.39 Å². The van der Waals surface area contributed by atoms with Crippen molar-refractivity contribution in [2.45, 2.75) is 6.54 Å². The highest BCUT2D eigenvalue weighted by Gasteiger charge is 2.08. The normalized spacial score (nSPS) is 11.3. The van der Waals surface area contributed by atoms with Crippen molar-refractivity contribution in [1.29, 1.82) is 0 Å². The maximum absolute atomic E-state index is 13.6. The molecule has 3 aromatic heterocycles. The monoisotopic (exact) mass is 452 g/mol. The molecular formula is C27H25FN6. The van der Waals surface area contributed by atoms with Crippen molar-refractivity contribution in [3.8, 4) is 22.4 Å². The summed E-state index contributed by atoms with van der Waals surface area (Å²) in [6.45, 7) is 1.78. The van der Waals surface area contributed by atoms with Gasteiger partial charge < -0.3 is 10.2 Å². The van der Waals surface area contributed by atoms with Crippen molar-refractivity contribution >= 4 is 22.3 Å². The van der Waals surface area contributed by atoms with E-state index in [0.717, 1.165) is 52.1 Å². The summed E-state index contributed by atoms with van der Waals surface area (Å²) in [5.41, 5.74) is 6.28. The number of nitrogens with zero attached hydrogens (tertiary/aromatic N) is 5. The van der Waals surface area contributed by atoms with E-state index in [0.29, 0.717) is 5.69 Å².